The van der Waals surface area contributed by atoms with E-state index in [1.165, 1.54) is 17.4 Å². The van der Waals surface area contributed by atoms with Crippen molar-refractivity contribution in [3.05, 3.63) is 58.6 Å². The molecule has 0 bridgehead atoms. The molecule has 2 aromatic carbocycles. The van der Waals surface area contributed by atoms with Crippen molar-refractivity contribution >= 4 is 54.6 Å². The maximum atomic E-state index is 12.0. The SMILES string of the molecule is COc1ccc(/C=C\C(=O)Nc2nc3ccc(Br)cc3s2)cc1. The van der Waals surface area contributed by atoms with E-state index in [1.807, 2.05) is 42.5 Å². The van der Waals surface area contributed by atoms with Gasteiger partial charge < -0.3 is 4.74 Å². The lowest BCUT2D eigenvalue weighted by molar-refractivity contribution is -0.111. The van der Waals surface area contributed by atoms with Crippen LogP contribution in [0.25, 0.3) is 16.3 Å². The molecule has 23 heavy (non-hydrogen) atoms. The minimum Gasteiger partial charge on any atom is -0.497 e. The zero-order valence-electron chi connectivity index (χ0n) is 12.2. The topological polar surface area (TPSA) is 51.2 Å². The average Bonchev–Trinajstić information content (AvgIpc) is 2.94. The Morgan fingerprint density at radius 3 is 2.78 bits per heavy atom. The second-order valence-corrected chi connectivity index (χ2v) is 6.67. The van der Waals surface area contributed by atoms with Crippen LogP contribution in [0, 0.1) is 0 Å². The first kappa shape index (κ1) is 15.7. The molecular weight excluding hydrogens is 376 g/mol. The first-order chi connectivity index (χ1) is 11.1. The standard InChI is InChI=1S/C17H13BrN2O2S/c1-22-13-6-2-11(3-7-13)4-9-16(21)20-17-19-14-8-5-12(18)10-15(14)23-17/h2-10H,1H3,(H,19,20,21)/b9-4-. The summed E-state index contributed by atoms with van der Waals surface area (Å²) in [6.45, 7) is 0. The number of carbonyl (C=O) groups is 1. The van der Waals surface area contributed by atoms with Gasteiger partial charge in [0.1, 0.15) is 5.75 Å². The Kier molecular flexibility index (Phi) is 4.73. The number of methoxy groups -OCH3 is 1. The Morgan fingerprint density at radius 2 is 2.04 bits per heavy atom. The molecule has 1 heterocycles. The van der Waals surface area contributed by atoms with Crippen molar-refractivity contribution in [3.8, 4) is 5.75 Å². The van der Waals surface area contributed by atoms with Crippen molar-refractivity contribution in [2.75, 3.05) is 12.4 Å². The second-order valence-electron chi connectivity index (χ2n) is 4.73. The van der Waals surface area contributed by atoms with Crippen molar-refractivity contribution in [2.45, 2.75) is 0 Å². The Balaban J connectivity index is 1.68. The highest BCUT2D eigenvalue weighted by Gasteiger charge is 2.06. The summed E-state index contributed by atoms with van der Waals surface area (Å²) in [6, 6.07) is 13.3. The van der Waals surface area contributed by atoms with Gasteiger partial charge in [0, 0.05) is 10.5 Å². The third-order valence-electron chi connectivity index (χ3n) is 3.12. The molecular formula is C17H13BrN2O2S. The van der Waals surface area contributed by atoms with Crippen LogP contribution in [0.4, 0.5) is 5.13 Å². The molecule has 1 amide bonds. The molecule has 0 spiro atoms. The largest absolute Gasteiger partial charge is 0.497 e. The molecule has 0 aliphatic carbocycles. The van der Waals surface area contributed by atoms with Crippen molar-refractivity contribution in [1.29, 1.82) is 0 Å². The molecule has 6 heteroatoms. The number of carbonyl (C=O) groups excluding carboxylic acids is 1. The fourth-order valence-electron chi connectivity index (χ4n) is 1.99. The molecule has 3 aromatic rings. The normalized spacial score (nSPS) is 11.0. The predicted octanol–water partition coefficient (Wildman–Crippen LogP) is 4.72. The van der Waals surface area contributed by atoms with Crippen molar-refractivity contribution < 1.29 is 9.53 Å². The van der Waals surface area contributed by atoms with Crippen LogP contribution in [0.5, 0.6) is 5.75 Å². The zero-order chi connectivity index (χ0) is 16.2. The number of anilines is 1. The lowest BCUT2D eigenvalue weighted by atomic mass is 10.2. The second kappa shape index (κ2) is 6.93. The fourth-order valence-corrected chi connectivity index (χ4v) is 3.41. The molecule has 116 valence electrons. The number of nitrogens with one attached hydrogen (secondary N) is 1. The Morgan fingerprint density at radius 1 is 1.26 bits per heavy atom. The molecule has 0 radical (unpaired) electrons. The van der Waals surface area contributed by atoms with E-state index in [0.29, 0.717) is 5.13 Å². The van der Waals surface area contributed by atoms with Gasteiger partial charge in [0.25, 0.3) is 0 Å². The number of hydrogen-bond donors (Lipinski definition) is 1. The zero-order valence-corrected chi connectivity index (χ0v) is 14.6. The van der Waals surface area contributed by atoms with Gasteiger partial charge in [-0.3, -0.25) is 10.1 Å². The lowest BCUT2D eigenvalue weighted by Gasteiger charge is -1.99. The third kappa shape index (κ3) is 3.97. The van der Waals surface area contributed by atoms with Gasteiger partial charge in [0.2, 0.25) is 5.91 Å². The smallest absolute Gasteiger partial charge is 0.250 e. The number of ether oxygens (including phenoxy) is 1. The summed E-state index contributed by atoms with van der Waals surface area (Å²) >= 11 is 4.87. The molecule has 1 N–H and O–H groups in total. The summed E-state index contributed by atoms with van der Waals surface area (Å²) in [5.74, 6) is 0.575. The van der Waals surface area contributed by atoms with E-state index < -0.39 is 0 Å². The molecule has 0 aliphatic heterocycles. The summed E-state index contributed by atoms with van der Waals surface area (Å²) in [7, 11) is 1.62. The highest BCUT2D eigenvalue weighted by Crippen LogP contribution is 2.28. The first-order valence-corrected chi connectivity index (χ1v) is 8.44. The summed E-state index contributed by atoms with van der Waals surface area (Å²) in [4.78, 5) is 16.4. The summed E-state index contributed by atoms with van der Waals surface area (Å²) in [5, 5.41) is 3.37. The van der Waals surface area contributed by atoms with Crippen LogP contribution >= 0.6 is 27.3 Å². The highest BCUT2D eigenvalue weighted by molar-refractivity contribution is 9.10. The van der Waals surface area contributed by atoms with Crippen molar-refractivity contribution in [1.82, 2.24) is 4.98 Å². The molecule has 0 fully saturated rings. The van der Waals surface area contributed by atoms with Gasteiger partial charge in [-0.15, -0.1) is 0 Å². The number of benzene rings is 2. The van der Waals surface area contributed by atoms with Crippen LogP contribution in [0.15, 0.2) is 53.0 Å². The van der Waals surface area contributed by atoms with Crippen LogP contribution in [0.2, 0.25) is 0 Å². The van der Waals surface area contributed by atoms with E-state index in [1.54, 1.807) is 13.2 Å². The molecule has 0 saturated carbocycles. The van der Waals surface area contributed by atoms with Gasteiger partial charge >= 0.3 is 0 Å². The number of thiazole rings is 1. The van der Waals surface area contributed by atoms with Crippen LogP contribution in [0.3, 0.4) is 0 Å². The predicted molar refractivity (Wildman–Crippen MR) is 98.0 cm³/mol. The number of rotatable bonds is 4. The molecule has 4 nitrogen and oxygen atoms in total. The third-order valence-corrected chi connectivity index (χ3v) is 4.55. The van der Waals surface area contributed by atoms with Gasteiger partial charge in [-0.1, -0.05) is 39.4 Å². The van der Waals surface area contributed by atoms with E-state index in [4.69, 9.17) is 4.74 Å². The minimum absolute atomic E-state index is 0.209. The molecule has 1 aromatic heterocycles. The number of fused-ring (bicyclic) bond motifs is 1. The van der Waals surface area contributed by atoms with E-state index in [9.17, 15) is 4.79 Å². The van der Waals surface area contributed by atoms with Gasteiger partial charge in [-0.2, -0.15) is 0 Å². The Hall–Kier alpha value is -2.18. The van der Waals surface area contributed by atoms with E-state index >= 15 is 0 Å². The van der Waals surface area contributed by atoms with E-state index in [0.717, 1.165) is 26.0 Å². The number of amides is 1. The summed E-state index contributed by atoms with van der Waals surface area (Å²) in [6.07, 6.45) is 3.24. The van der Waals surface area contributed by atoms with Gasteiger partial charge in [-0.05, 0) is 42.0 Å². The minimum atomic E-state index is -0.209. The quantitative estimate of drug-likeness (QED) is 0.657. The first-order valence-electron chi connectivity index (χ1n) is 6.83. The molecule has 0 saturated heterocycles. The van der Waals surface area contributed by atoms with Gasteiger partial charge in [0.05, 0.1) is 17.3 Å². The summed E-state index contributed by atoms with van der Waals surface area (Å²) < 4.78 is 7.11. The van der Waals surface area contributed by atoms with Crippen LogP contribution < -0.4 is 10.1 Å². The molecule has 3 rings (SSSR count). The van der Waals surface area contributed by atoms with Gasteiger partial charge in [0.15, 0.2) is 5.13 Å². The molecule has 0 aliphatic rings. The van der Waals surface area contributed by atoms with Crippen molar-refractivity contribution in [2.24, 2.45) is 0 Å². The van der Waals surface area contributed by atoms with Crippen LogP contribution in [-0.4, -0.2) is 18.0 Å². The van der Waals surface area contributed by atoms with Crippen LogP contribution in [0.1, 0.15) is 5.56 Å². The number of hydrogen-bond acceptors (Lipinski definition) is 4. The highest BCUT2D eigenvalue weighted by atomic mass is 79.9. The maximum Gasteiger partial charge on any atom is 0.250 e. The molecule has 0 unspecified atom stereocenters. The van der Waals surface area contributed by atoms with Gasteiger partial charge in [-0.25, -0.2) is 4.98 Å². The van der Waals surface area contributed by atoms with E-state index in [-0.39, 0.29) is 5.91 Å². The average molecular weight is 389 g/mol. The number of halogens is 1. The van der Waals surface area contributed by atoms with Crippen molar-refractivity contribution in [3.63, 3.8) is 0 Å². The fraction of sp³-hybridized carbons (Fsp3) is 0.0588. The number of aromatic nitrogens is 1. The Bertz CT molecular complexity index is 872. The maximum absolute atomic E-state index is 12.0. The summed E-state index contributed by atoms with van der Waals surface area (Å²) in [5.41, 5.74) is 1.79. The monoisotopic (exact) mass is 388 g/mol. The van der Waals surface area contributed by atoms with E-state index in [2.05, 4.69) is 26.2 Å². The number of nitrogens with zero attached hydrogens (tertiary/aromatic N) is 1. The Labute approximate surface area is 145 Å². The lowest BCUT2D eigenvalue weighted by Crippen LogP contribution is -2.07. The van der Waals surface area contributed by atoms with Crippen LogP contribution in [-0.2, 0) is 4.79 Å². The molecule has 0 atom stereocenters.